The standard InChI is InChI=1S/C20H23N3O4S2/c1-12-10-23(11-13(2)27-12)29(25,26)17-7-5-6-16(8-17)19(24)22-20-18(9-21)14(3)15(4)28-20/h5-8,12-13H,10-11H2,1-4H3,(H,22,24). The Hall–Kier alpha value is -2.25. The molecule has 7 nitrogen and oxygen atoms in total. The van der Waals surface area contributed by atoms with E-state index >= 15 is 0 Å². The highest BCUT2D eigenvalue weighted by molar-refractivity contribution is 7.89. The summed E-state index contributed by atoms with van der Waals surface area (Å²) in [5.74, 6) is -0.455. The van der Waals surface area contributed by atoms with Crippen molar-refractivity contribution < 1.29 is 17.9 Å². The Labute approximate surface area is 175 Å². The van der Waals surface area contributed by atoms with Crippen LogP contribution in [0.3, 0.4) is 0 Å². The number of ether oxygens (including phenoxy) is 1. The lowest BCUT2D eigenvalue weighted by Gasteiger charge is -2.34. The van der Waals surface area contributed by atoms with E-state index in [2.05, 4.69) is 11.4 Å². The molecule has 2 aromatic rings. The van der Waals surface area contributed by atoms with E-state index in [0.29, 0.717) is 10.6 Å². The number of sulfonamides is 1. The average Bonchev–Trinajstić information content (AvgIpc) is 2.93. The summed E-state index contributed by atoms with van der Waals surface area (Å²) in [7, 11) is -3.75. The smallest absolute Gasteiger partial charge is 0.256 e. The predicted molar refractivity (Wildman–Crippen MR) is 112 cm³/mol. The molecule has 0 spiro atoms. The molecule has 1 saturated heterocycles. The molecule has 2 atom stereocenters. The van der Waals surface area contributed by atoms with Gasteiger partial charge in [0, 0.05) is 23.5 Å². The third-order valence-corrected chi connectivity index (χ3v) is 7.79. The number of morpholine rings is 1. The molecule has 1 N–H and O–H groups in total. The van der Waals surface area contributed by atoms with Crippen molar-refractivity contribution in [2.24, 2.45) is 0 Å². The average molecular weight is 434 g/mol. The van der Waals surface area contributed by atoms with Crippen molar-refractivity contribution >= 4 is 32.3 Å². The number of carbonyl (C=O) groups is 1. The van der Waals surface area contributed by atoms with Gasteiger partial charge in [-0.15, -0.1) is 11.3 Å². The van der Waals surface area contributed by atoms with Crippen molar-refractivity contribution in [1.82, 2.24) is 4.31 Å². The molecule has 2 heterocycles. The van der Waals surface area contributed by atoms with Gasteiger partial charge in [0.1, 0.15) is 11.1 Å². The van der Waals surface area contributed by atoms with Gasteiger partial charge in [0.05, 0.1) is 22.7 Å². The van der Waals surface area contributed by atoms with Gasteiger partial charge in [-0.1, -0.05) is 6.07 Å². The maximum atomic E-state index is 13.1. The molecule has 29 heavy (non-hydrogen) atoms. The number of carbonyl (C=O) groups excluding carboxylic acids is 1. The van der Waals surface area contributed by atoms with Gasteiger partial charge in [0.15, 0.2) is 0 Å². The van der Waals surface area contributed by atoms with Crippen LogP contribution in [-0.4, -0.2) is 43.9 Å². The second-order valence-corrected chi connectivity index (χ2v) is 10.3. The molecule has 0 saturated carbocycles. The molecule has 2 unspecified atom stereocenters. The first-order chi connectivity index (χ1) is 13.6. The maximum absolute atomic E-state index is 13.1. The van der Waals surface area contributed by atoms with Crippen molar-refractivity contribution in [3.63, 3.8) is 0 Å². The van der Waals surface area contributed by atoms with Crippen LogP contribution in [0.2, 0.25) is 0 Å². The van der Waals surface area contributed by atoms with Crippen LogP contribution in [0.25, 0.3) is 0 Å². The van der Waals surface area contributed by atoms with Crippen LogP contribution >= 0.6 is 11.3 Å². The molecule has 1 fully saturated rings. The third kappa shape index (κ3) is 4.36. The van der Waals surface area contributed by atoms with Gasteiger partial charge >= 0.3 is 0 Å². The van der Waals surface area contributed by atoms with Crippen LogP contribution in [0.5, 0.6) is 0 Å². The van der Waals surface area contributed by atoms with Crippen LogP contribution < -0.4 is 5.32 Å². The first kappa shape index (κ1) is 21.5. The number of thiophene rings is 1. The van der Waals surface area contributed by atoms with Gasteiger partial charge in [-0.25, -0.2) is 8.42 Å². The molecule has 1 aliphatic rings. The summed E-state index contributed by atoms with van der Waals surface area (Å²) < 4.78 is 33.1. The second kappa shape index (κ2) is 8.24. The molecular weight excluding hydrogens is 410 g/mol. The van der Waals surface area contributed by atoms with Gasteiger partial charge in [0.2, 0.25) is 10.0 Å². The molecule has 1 aromatic carbocycles. The summed E-state index contributed by atoms with van der Waals surface area (Å²) in [5, 5.41) is 12.6. The molecule has 0 bridgehead atoms. The van der Waals surface area contributed by atoms with Gasteiger partial charge < -0.3 is 10.1 Å². The summed E-state index contributed by atoms with van der Waals surface area (Å²) in [4.78, 5) is 13.7. The Morgan fingerprint density at radius 1 is 1.28 bits per heavy atom. The molecule has 0 radical (unpaired) electrons. The van der Waals surface area contributed by atoms with Gasteiger partial charge in [-0.05, 0) is 51.5 Å². The number of nitriles is 1. The Morgan fingerprint density at radius 2 is 1.93 bits per heavy atom. The second-order valence-electron chi connectivity index (χ2n) is 7.16. The summed E-state index contributed by atoms with van der Waals surface area (Å²) in [6.07, 6.45) is -0.399. The van der Waals surface area contributed by atoms with E-state index in [1.165, 1.54) is 27.8 Å². The lowest BCUT2D eigenvalue weighted by atomic mass is 10.2. The highest BCUT2D eigenvalue weighted by atomic mass is 32.2. The van der Waals surface area contributed by atoms with E-state index in [4.69, 9.17) is 4.74 Å². The molecule has 0 aliphatic carbocycles. The molecule has 3 rings (SSSR count). The number of rotatable bonds is 4. The molecule has 9 heteroatoms. The third-order valence-electron chi connectivity index (χ3n) is 4.84. The van der Waals surface area contributed by atoms with Crippen molar-refractivity contribution in [2.45, 2.75) is 44.8 Å². The SMILES string of the molecule is Cc1sc(NC(=O)c2cccc(S(=O)(=O)N3CC(C)OC(C)C3)c2)c(C#N)c1C. The summed E-state index contributed by atoms with van der Waals surface area (Å²) in [5.41, 5.74) is 1.48. The topological polar surface area (TPSA) is 99.5 Å². The highest BCUT2D eigenvalue weighted by Gasteiger charge is 2.32. The van der Waals surface area contributed by atoms with Crippen molar-refractivity contribution in [3.05, 3.63) is 45.8 Å². The minimum Gasteiger partial charge on any atom is -0.373 e. The van der Waals surface area contributed by atoms with E-state index < -0.39 is 15.9 Å². The number of hydrogen-bond acceptors (Lipinski definition) is 6. The number of amides is 1. The van der Waals surface area contributed by atoms with Crippen molar-refractivity contribution in [3.8, 4) is 6.07 Å². The molecule has 1 aromatic heterocycles. The number of hydrogen-bond donors (Lipinski definition) is 1. The zero-order valence-corrected chi connectivity index (χ0v) is 18.4. The summed E-state index contributed by atoms with van der Waals surface area (Å²) >= 11 is 1.33. The van der Waals surface area contributed by atoms with Crippen LogP contribution in [0.15, 0.2) is 29.2 Å². The quantitative estimate of drug-likeness (QED) is 0.798. The monoisotopic (exact) mass is 433 g/mol. The van der Waals surface area contributed by atoms with E-state index in [-0.39, 0.29) is 35.8 Å². The number of benzene rings is 1. The van der Waals surface area contributed by atoms with Crippen LogP contribution in [0.4, 0.5) is 5.00 Å². The summed E-state index contributed by atoms with van der Waals surface area (Å²) in [6.45, 7) is 7.91. The summed E-state index contributed by atoms with van der Waals surface area (Å²) in [6, 6.07) is 8.06. The molecular formula is C20H23N3O4S2. The minimum absolute atomic E-state index is 0.0606. The molecule has 1 amide bonds. The van der Waals surface area contributed by atoms with Crippen LogP contribution in [0, 0.1) is 25.2 Å². The van der Waals surface area contributed by atoms with Crippen LogP contribution in [0.1, 0.15) is 40.2 Å². The molecule has 1 aliphatic heterocycles. The van der Waals surface area contributed by atoms with E-state index in [1.54, 1.807) is 12.1 Å². The normalized spacial score (nSPS) is 20.2. The predicted octanol–water partition coefficient (Wildman–Crippen LogP) is 3.29. The van der Waals surface area contributed by atoms with E-state index in [1.807, 2.05) is 27.7 Å². The van der Waals surface area contributed by atoms with E-state index in [9.17, 15) is 18.5 Å². The number of anilines is 1. The Balaban J connectivity index is 1.87. The fraction of sp³-hybridized carbons (Fsp3) is 0.400. The van der Waals surface area contributed by atoms with E-state index in [0.717, 1.165) is 10.4 Å². The zero-order chi connectivity index (χ0) is 21.3. The minimum atomic E-state index is -3.75. The number of aryl methyl sites for hydroxylation is 1. The maximum Gasteiger partial charge on any atom is 0.256 e. The first-order valence-corrected chi connectivity index (χ1v) is 11.5. The van der Waals surface area contributed by atoms with Gasteiger partial charge in [-0.3, -0.25) is 4.79 Å². The fourth-order valence-electron chi connectivity index (χ4n) is 3.30. The fourth-order valence-corrected chi connectivity index (χ4v) is 5.94. The Morgan fingerprint density at radius 3 is 2.55 bits per heavy atom. The Kier molecular flexibility index (Phi) is 6.10. The van der Waals surface area contributed by atoms with Crippen molar-refractivity contribution in [1.29, 1.82) is 5.26 Å². The Bertz CT molecular complexity index is 1080. The van der Waals surface area contributed by atoms with Gasteiger partial charge in [0.25, 0.3) is 5.91 Å². The lowest BCUT2D eigenvalue weighted by Crippen LogP contribution is -2.48. The van der Waals surface area contributed by atoms with Gasteiger partial charge in [-0.2, -0.15) is 9.57 Å². The number of nitrogens with zero attached hydrogens (tertiary/aromatic N) is 2. The number of nitrogens with one attached hydrogen (secondary N) is 1. The largest absolute Gasteiger partial charge is 0.373 e. The van der Waals surface area contributed by atoms with Crippen LogP contribution in [-0.2, 0) is 14.8 Å². The van der Waals surface area contributed by atoms with Crippen molar-refractivity contribution in [2.75, 3.05) is 18.4 Å². The zero-order valence-electron chi connectivity index (χ0n) is 16.7. The lowest BCUT2D eigenvalue weighted by molar-refractivity contribution is -0.0440. The molecule has 154 valence electrons. The first-order valence-electron chi connectivity index (χ1n) is 9.20. The highest BCUT2D eigenvalue weighted by Crippen LogP contribution is 2.32.